The molecule has 0 aliphatic heterocycles. The zero-order valence-corrected chi connectivity index (χ0v) is 8.13. The second-order valence-corrected chi connectivity index (χ2v) is 3.44. The molecule has 3 nitrogen and oxygen atoms in total. The van der Waals surface area contributed by atoms with E-state index >= 15 is 0 Å². The van der Waals surface area contributed by atoms with Gasteiger partial charge in [0.2, 0.25) is 0 Å². The highest BCUT2D eigenvalue weighted by molar-refractivity contribution is 5.14. The van der Waals surface area contributed by atoms with Gasteiger partial charge in [0, 0.05) is 0 Å². The SMILES string of the molecule is N[C@@H](CO)[C@@H](O)CCc1ccccc1. The second-order valence-electron chi connectivity index (χ2n) is 3.44. The summed E-state index contributed by atoms with van der Waals surface area (Å²) in [5.74, 6) is 0. The smallest absolute Gasteiger partial charge is 0.0716 e. The van der Waals surface area contributed by atoms with E-state index in [9.17, 15) is 5.11 Å². The summed E-state index contributed by atoms with van der Waals surface area (Å²) < 4.78 is 0. The molecule has 1 aromatic rings. The van der Waals surface area contributed by atoms with Gasteiger partial charge in [-0.1, -0.05) is 30.3 Å². The Kier molecular flexibility index (Phi) is 4.59. The van der Waals surface area contributed by atoms with Gasteiger partial charge in [-0.3, -0.25) is 0 Å². The van der Waals surface area contributed by atoms with E-state index in [0.29, 0.717) is 6.42 Å². The first kappa shape index (κ1) is 11.2. The molecule has 0 saturated heterocycles. The molecule has 0 unspecified atom stereocenters. The highest BCUT2D eigenvalue weighted by Gasteiger charge is 2.12. The molecule has 0 heterocycles. The monoisotopic (exact) mass is 195 g/mol. The number of aryl methyl sites for hydroxylation is 1. The predicted octanol–water partition coefficient (Wildman–Crippen LogP) is 0.300. The van der Waals surface area contributed by atoms with Crippen LogP contribution in [0.25, 0.3) is 0 Å². The van der Waals surface area contributed by atoms with Crippen molar-refractivity contribution in [2.45, 2.75) is 25.0 Å². The van der Waals surface area contributed by atoms with Crippen LogP contribution < -0.4 is 5.73 Å². The molecule has 0 fully saturated rings. The van der Waals surface area contributed by atoms with Crippen molar-refractivity contribution in [2.75, 3.05) is 6.61 Å². The molecule has 0 bridgehead atoms. The van der Waals surface area contributed by atoms with Crippen LogP contribution in [0.1, 0.15) is 12.0 Å². The second kappa shape index (κ2) is 5.75. The lowest BCUT2D eigenvalue weighted by Crippen LogP contribution is -2.38. The van der Waals surface area contributed by atoms with Crippen LogP contribution >= 0.6 is 0 Å². The Labute approximate surface area is 84.2 Å². The minimum atomic E-state index is -0.625. The third-order valence-corrected chi connectivity index (χ3v) is 2.28. The van der Waals surface area contributed by atoms with Crippen molar-refractivity contribution < 1.29 is 10.2 Å². The summed E-state index contributed by atoms with van der Waals surface area (Å²) in [6.45, 7) is -0.171. The van der Waals surface area contributed by atoms with Gasteiger partial charge in [0.15, 0.2) is 0 Å². The summed E-state index contributed by atoms with van der Waals surface area (Å²) >= 11 is 0. The normalized spacial score (nSPS) is 15.1. The average molecular weight is 195 g/mol. The summed E-state index contributed by atoms with van der Waals surface area (Å²) in [5.41, 5.74) is 6.66. The average Bonchev–Trinajstić information content (AvgIpc) is 2.26. The van der Waals surface area contributed by atoms with E-state index in [-0.39, 0.29) is 6.61 Å². The van der Waals surface area contributed by atoms with Crippen LogP contribution in [-0.4, -0.2) is 29.0 Å². The zero-order chi connectivity index (χ0) is 10.4. The van der Waals surface area contributed by atoms with Crippen molar-refractivity contribution in [3.63, 3.8) is 0 Å². The van der Waals surface area contributed by atoms with Crippen LogP contribution in [0.3, 0.4) is 0 Å². The summed E-state index contributed by atoms with van der Waals surface area (Å²) in [6, 6.07) is 9.38. The Morgan fingerprint density at radius 1 is 1.21 bits per heavy atom. The lowest BCUT2D eigenvalue weighted by molar-refractivity contribution is 0.102. The summed E-state index contributed by atoms with van der Waals surface area (Å²) in [6.07, 6.45) is 0.752. The maximum absolute atomic E-state index is 9.49. The topological polar surface area (TPSA) is 66.5 Å². The van der Waals surface area contributed by atoms with E-state index in [1.165, 1.54) is 5.56 Å². The van der Waals surface area contributed by atoms with Crippen LogP contribution in [0.2, 0.25) is 0 Å². The molecule has 78 valence electrons. The molecule has 0 aliphatic rings. The van der Waals surface area contributed by atoms with Crippen LogP contribution in [0, 0.1) is 0 Å². The summed E-state index contributed by atoms with van der Waals surface area (Å²) in [5, 5.41) is 18.2. The van der Waals surface area contributed by atoms with Crippen molar-refractivity contribution in [1.82, 2.24) is 0 Å². The number of hydrogen-bond acceptors (Lipinski definition) is 3. The first-order chi connectivity index (χ1) is 6.74. The van der Waals surface area contributed by atoms with Crippen molar-refractivity contribution >= 4 is 0 Å². The van der Waals surface area contributed by atoms with E-state index < -0.39 is 12.1 Å². The third-order valence-electron chi connectivity index (χ3n) is 2.28. The van der Waals surface area contributed by atoms with Gasteiger partial charge in [0.05, 0.1) is 18.8 Å². The fourth-order valence-electron chi connectivity index (χ4n) is 1.29. The number of benzene rings is 1. The molecule has 0 saturated carbocycles. The minimum Gasteiger partial charge on any atom is -0.395 e. The first-order valence-corrected chi connectivity index (χ1v) is 4.82. The maximum Gasteiger partial charge on any atom is 0.0716 e. The van der Waals surface area contributed by atoms with Gasteiger partial charge in [-0.15, -0.1) is 0 Å². The van der Waals surface area contributed by atoms with E-state index in [2.05, 4.69) is 0 Å². The number of nitrogens with two attached hydrogens (primary N) is 1. The standard InChI is InChI=1S/C11H17NO2/c12-10(8-13)11(14)7-6-9-4-2-1-3-5-9/h1-5,10-11,13-14H,6-8,12H2/t10-,11-/m0/s1. The lowest BCUT2D eigenvalue weighted by atomic mass is 10.0. The van der Waals surface area contributed by atoms with E-state index in [0.717, 1.165) is 6.42 Å². The Hall–Kier alpha value is -0.900. The lowest BCUT2D eigenvalue weighted by Gasteiger charge is -2.15. The van der Waals surface area contributed by atoms with Gasteiger partial charge in [-0.05, 0) is 18.4 Å². The van der Waals surface area contributed by atoms with Gasteiger partial charge < -0.3 is 15.9 Å². The van der Waals surface area contributed by atoms with Gasteiger partial charge in [-0.25, -0.2) is 0 Å². The summed E-state index contributed by atoms with van der Waals surface area (Å²) in [7, 11) is 0. The van der Waals surface area contributed by atoms with Crippen molar-refractivity contribution in [1.29, 1.82) is 0 Å². The highest BCUT2D eigenvalue weighted by atomic mass is 16.3. The van der Waals surface area contributed by atoms with Gasteiger partial charge >= 0.3 is 0 Å². The number of hydrogen-bond donors (Lipinski definition) is 3. The van der Waals surface area contributed by atoms with Crippen molar-refractivity contribution in [3.8, 4) is 0 Å². The maximum atomic E-state index is 9.49. The van der Waals surface area contributed by atoms with Crippen LogP contribution in [0.4, 0.5) is 0 Å². The molecule has 4 N–H and O–H groups in total. The third kappa shape index (κ3) is 3.46. The molecule has 2 atom stereocenters. The molecule has 3 heteroatoms. The quantitative estimate of drug-likeness (QED) is 0.633. The molecular formula is C11H17NO2. The van der Waals surface area contributed by atoms with Gasteiger partial charge in [0.25, 0.3) is 0 Å². The highest BCUT2D eigenvalue weighted by Crippen LogP contribution is 2.06. The number of aliphatic hydroxyl groups is 2. The molecule has 14 heavy (non-hydrogen) atoms. The first-order valence-electron chi connectivity index (χ1n) is 4.82. The molecular weight excluding hydrogens is 178 g/mol. The minimum absolute atomic E-state index is 0.171. The van der Waals surface area contributed by atoms with Gasteiger partial charge in [-0.2, -0.15) is 0 Å². The van der Waals surface area contributed by atoms with Gasteiger partial charge in [0.1, 0.15) is 0 Å². The zero-order valence-electron chi connectivity index (χ0n) is 8.13. The molecule has 0 radical (unpaired) electrons. The predicted molar refractivity (Wildman–Crippen MR) is 55.8 cm³/mol. The molecule has 0 amide bonds. The molecule has 1 rings (SSSR count). The van der Waals surface area contributed by atoms with E-state index in [4.69, 9.17) is 10.8 Å². The van der Waals surface area contributed by atoms with E-state index in [1.807, 2.05) is 30.3 Å². The number of rotatable bonds is 5. The Morgan fingerprint density at radius 3 is 2.43 bits per heavy atom. The molecule has 0 spiro atoms. The van der Waals surface area contributed by atoms with Crippen LogP contribution in [0.5, 0.6) is 0 Å². The Bertz CT molecular complexity index is 251. The fourth-order valence-corrected chi connectivity index (χ4v) is 1.29. The van der Waals surface area contributed by atoms with E-state index in [1.54, 1.807) is 0 Å². The van der Waals surface area contributed by atoms with Crippen molar-refractivity contribution in [3.05, 3.63) is 35.9 Å². The number of aliphatic hydroxyl groups excluding tert-OH is 2. The summed E-state index contributed by atoms with van der Waals surface area (Å²) in [4.78, 5) is 0. The largest absolute Gasteiger partial charge is 0.395 e. The van der Waals surface area contributed by atoms with Crippen molar-refractivity contribution in [2.24, 2.45) is 5.73 Å². The Balaban J connectivity index is 2.34. The fraction of sp³-hybridized carbons (Fsp3) is 0.455. The van der Waals surface area contributed by atoms with Crippen LogP contribution in [-0.2, 0) is 6.42 Å². The molecule has 0 aromatic heterocycles. The molecule has 1 aromatic carbocycles. The Morgan fingerprint density at radius 2 is 1.86 bits per heavy atom. The molecule has 0 aliphatic carbocycles. The van der Waals surface area contributed by atoms with Crippen LogP contribution in [0.15, 0.2) is 30.3 Å².